The average Bonchev–Trinajstić information content (AvgIpc) is 2.75. The molecule has 0 aliphatic carbocycles. The standard InChI is InChI=1S/C14H27N3O2S/c1-6-15-9-13-8-14(11-16(13)5)20(18,19)17(7-2)10-12(3)4/h8,11-12,15H,6-7,9-10H2,1-5H3. The van der Waals surface area contributed by atoms with Crippen LogP contribution in [0.2, 0.25) is 0 Å². The molecular formula is C14H27N3O2S. The number of sulfonamides is 1. The van der Waals surface area contributed by atoms with Gasteiger partial charge in [0.25, 0.3) is 0 Å². The zero-order valence-electron chi connectivity index (χ0n) is 13.2. The Morgan fingerprint density at radius 2 is 2.00 bits per heavy atom. The highest BCUT2D eigenvalue weighted by Gasteiger charge is 2.25. The van der Waals surface area contributed by atoms with Crippen LogP contribution in [0.5, 0.6) is 0 Å². The summed E-state index contributed by atoms with van der Waals surface area (Å²) in [6, 6.07) is 1.76. The van der Waals surface area contributed by atoms with E-state index in [0.29, 0.717) is 30.4 Å². The average molecular weight is 301 g/mol. The molecule has 0 spiro atoms. The van der Waals surface area contributed by atoms with Crippen LogP contribution >= 0.6 is 0 Å². The van der Waals surface area contributed by atoms with E-state index in [4.69, 9.17) is 0 Å². The molecule has 0 saturated carbocycles. The second kappa shape index (κ2) is 7.24. The number of rotatable bonds is 8. The molecule has 1 rings (SSSR count). The third-order valence-corrected chi connectivity index (χ3v) is 5.10. The summed E-state index contributed by atoms with van der Waals surface area (Å²) in [5.74, 6) is 0.315. The van der Waals surface area contributed by atoms with Gasteiger partial charge in [0.1, 0.15) is 4.90 Å². The van der Waals surface area contributed by atoms with Crippen molar-refractivity contribution in [3.05, 3.63) is 18.0 Å². The Morgan fingerprint density at radius 3 is 2.50 bits per heavy atom. The highest BCUT2D eigenvalue weighted by molar-refractivity contribution is 7.89. The molecule has 0 fully saturated rings. The molecule has 1 aromatic rings. The molecule has 116 valence electrons. The van der Waals surface area contributed by atoms with Crippen LogP contribution in [0.1, 0.15) is 33.4 Å². The van der Waals surface area contributed by atoms with Gasteiger partial charge in [-0.1, -0.05) is 27.7 Å². The van der Waals surface area contributed by atoms with E-state index in [1.54, 1.807) is 16.6 Å². The number of hydrogen-bond donors (Lipinski definition) is 1. The fourth-order valence-corrected chi connectivity index (χ4v) is 3.81. The van der Waals surface area contributed by atoms with Gasteiger partial charge < -0.3 is 9.88 Å². The smallest absolute Gasteiger partial charge is 0.244 e. The van der Waals surface area contributed by atoms with Crippen molar-refractivity contribution in [2.45, 2.75) is 39.1 Å². The Labute approximate surface area is 123 Å². The molecule has 0 atom stereocenters. The lowest BCUT2D eigenvalue weighted by molar-refractivity contribution is 0.381. The van der Waals surface area contributed by atoms with Gasteiger partial charge in [0.2, 0.25) is 10.0 Å². The monoisotopic (exact) mass is 301 g/mol. The molecule has 0 saturated heterocycles. The third-order valence-electron chi connectivity index (χ3n) is 3.20. The minimum absolute atomic E-state index is 0.315. The van der Waals surface area contributed by atoms with Gasteiger partial charge >= 0.3 is 0 Å². The first kappa shape index (κ1) is 17.2. The molecule has 0 unspecified atom stereocenters. The lowest BCUT2D eigenvalue weighted by Crippen LogP contribution is -2.33. The van der Waals surface area contributed by atoms with E-state index in [0.717, 1.165) is 12.2 Å². The number of aryl methyl sites for hydroxylation is 1. The lowest BCUT2D eigenvalue weighted by Gasteiger charge is -2.21. The summed E-state index contributed by atoms with van der Waals surface area (Å²) < 4.78 is 28.7. The predicted octanol–water partition coefficient (Wildman–Crippen LogP) is 1.80. The van der Waals surface area contributed by atoms with Crippen LogP contribution < -0.4 is 5.32 Å². The normalized spacial score (nSPS) is 12.6. The first-order chi connectivity index (χ1) is 9.32. The first-order valence-electron chi connectivity index (χ1n) is 7.19. The van der Waals surface area contributed by atoms with E-state index in [-0.39, 0.29) is 0 Å². The minimum atomic E-state index is -3.39. The fraction of sp³-hybridized carbons (Fsp3) is 0.714. The van der Waals surface area contributed by atoms with Crippen LogP contribution in [0.4, 0.5) is 0 Å². The summed E-state index contributed by atoms with van der Waals surface area (Å²) in [7, 11) is -1.51. The van der Waals surface area contributed by atoms with Crippen LogP contribution in [-0.2, 0) is 23.6 Å². The van der Waals surface area contributed by atoms with Gasteiger partial charge in [0.15, 0.2) is 0 Å². The van der Waals surface area contributed by atoms with E-state index < -0.39 is 10.0 Å². The Bertz CT molecular complexity index is 521. The van der Waals surface area contributed by atoms with Crippen LogP contribution in [0.3, 0.4) is 0 Å². The molecule has 20 heavy (non-hydrogen) atoms. The number of nitrogens with one attached hydrogen (secondary N) is 1. The molecule has 0 amide bonds. The molecule has 1 N–H and O–H groups in total. The maximum absolute atomic E-state index is 12.6. The number of aromatic nitrogens is 1. The molecule has 0 aromatic carbocycles. The summed E-state index contributed by atoms with van der Waals surface area (Å²) in [5, 5.41) is 3.22. The molecule has 0 aliphatic rings. The molecular weight excluding hydrogens is 274 g/mol. The fourth-order valence-electron chi connectivity index (χ4n) is 2.10. The van der Waals surface area contributed by atoms with Gasteiger partial charge in [0.05, 0.1) is 0 Å². The summed E-state index contributed by atoms with van der Waals surface area (Å²) >= 11 is 0. The lowest BCUT2D eigenvalue weighted by atomic mass is 10.2. The van der Waals surface area contributed by atoms with Crippen LogP contribution in [0.15, 0.2) is 17.2 Å². The van der Waals surface area contributed by atoms with E-state index in [9.17, 15) is 8.42 Å². The zero-order chi connectivity index (χ0) is 15.3. The molecule has 1 heterocycles. The van der Waals surface area contributed by atoms with Gasteiger partial charge in [-0.05, 0) is 18.5 Å². The Kier molecular flexibility index (Phi) is 6.23. The Hall–Kier alpha value is -0.850. The second-order valence-electron chi connectivity index (χ2n) is 5.41. The predicted molar refractivity (Wildman–Crippen MR) is 82.1 cm³/mol. The Morgan fingerprint density at radius 1 is 1.35 bits per heavy atom. The summed E-state index contributed by atoms with van der Waals surface area (Å²) in [6.45, 7) is 10.6. The number of hydrogen-bond acceptors (Lipinski definition) is 3. The van der Waals surface area contributed by atoms with Crippen LogP contribution in [0, 0.1) is 5.92 Å². The van der Waals surface area contributed by atoms with Crippen molar-refractivity contribution in [2.24, 2.45) is 13.0 Å². The van der Waals surface area contributed by atoms with Crippen molar-refractivity contribution in [1.82, 2.24) is 14.2 Å². The molecule has 0 radical (unpaired) electrons. The maximum Gasteiger partial charge on any atom is 0.244 e. The van der Waals surface area contributed by atoms with Crippen molar-refractivity contribution in [3.8, 4) is 0 Å². The largest absolute Gasteiger partial charge is 0.352 e. The van der Waals surface area contributed by atoms with Gasteiger partial charge in [-0.3, -0.25) is 0 Å². The summed E-state index contributed by atoms with van der Waals surface area (Å²) in [4.78, 5) is 0.385. The van der Waals surface area contributed by atoms with E-state index >= 15 is 0 Å². The van der Waals surface area contributed by atoms with Crippen molar-refractivity contribution in [1.29, 1.82) is 0 Å². The highest BCUT2D eigenvalue weighted by atomic mass is 32.2. The van der Waals surface area contributed by atoms with Crippen LogP contribution in [0.25, 0.3) is 0 Å². The topological polar surface area (TPSA) is 54.3 Å². The first-order valence-corrected chi connectivity index (χ1v) is 8.63. The molecule has 5 nitrogen and oxygen atoms in total. The van der Waals surface area contributed by atoms with E-state index in [1.807, 2.05) is 39.3 Å². The SMILES string of the molecule is CCNCc1cc(S(=O)(=O)N(CC)CC(C)C)cn1C. The second-order valence-corrected chi connectivity index (χ2v) is 7.35. The molecule has 0 bridgehead atoms. The molecule has 0 aliphatic heterocycles. The molecule has 1 aromatic heterocycles. The van der Waals surface area contributed by atoms with E-state index in [2.05, 4.69) is 5.32 Å². The van der Waals surface area contributed by atoms with Gasteiger partial charge in [-0.25, -0.2) is 8.42 Å². The van der Waals surface area contributed by atoms with Crippen molar-refractivity contribution >= 4 is 10.0 Å². The van der Waals surface area contributed by atoms with Crippen LogP contribution in [-0.4, -0.2) is 36.9 Å². The van der Waals surface area contributed by atoms with Gasteiger partial charge in [0, 0.05) is 38.6 Å². The third kappa shape index (κ3) is 4.07. The van der Waals surface area contributed by atoms with Gasteiger partial charge in [-0.15, -0.1) is 0 Å². The summed E-state index contributed by atoms with van der Waals surface area (Å²) in [5.41, 5.74) is 0.978. The minimum Gasteiger partial charge on any atom is -0.352 e. The number of nitrogens with zero attached hydrogens (tertiary/aromatic N) is 2. The van der Waals surface area contributed by atoms with Crippen molar-refractivity contribution in [2.75, 3.05) is 19.6 Å². The van der Waals surface area contributed by atoms with Crippen molar-refractivity contribution < 1.29 is 8.42 Å². The zero-order valence-corrected chi connectivity index (χ0v) is 14.0. The van der Waals surface area contributed by atoms with Crippen molar-refractivity contribution in [3.63, 3.8) is 0 Å². The van der Waals surface area contributed by atoms with E-state index in [1.165, 1.54) is 0 Å². The maximum atomic E-state index is 12.6. The summed E-state index contributed by atoms with van der Waals surface area (Å²) in [6.07, 6.45) is 1.70. The highest BCUT2D eigenvalue weighted by Crippen LogP contribution is 2.19. The molecule has 6 heteroatoms. The van der Waals surface area contributed by atoms with Gasteiger partial charge in [-0.2, -0.15) is 4.31 Å². The Balaban J connectivity index is 3.02. The quantitative estimate of drug-likeness (QED) is 0.796.